The zero-order valence-electron chi connectivity index (χ0n) is 12.8. The Bertz CT molecular complexity index is 686. The van der Waals surface area contributed by atoms with E-state index >= 15 is 0 Å². The number of hydrogen-bond acceptors (Lipinski definition) is 3. The molecule has 0 aliphatic carbocycles. The largest absolute Gasteiger partial charge is 0.497 e. The van der Waals surface area contributed by atoms with Gasteiger partial charge in [-0.3, -0.25) is 4.79 Å². The Hall–Kier alpha value is -2.20. The molecule has 0 bridgehead atoms. The fraction of sp³-hybridized carbons (Fsp3) is 0.235. The second kappa shape index (κ2) is 7.18. The van der Waals surface area contributed by atoms with Crippen molar-refractivity contribution in [2.45, 2.75) is 13.3 Å². The molecule has 0 heterocycles. The number of methoxy groups -OCH3 is 2. The first-order valence-corrected chi connectivity index (χ1v) is 7.18. The van der Waals surface area contributed by atoms with Crippen LogP contribution < -0.4 is 14.8 Å². The van der Waals surface area contributed by atoms with Gasteiger partial charge in [0.2, 0.25) is 5.91 Å². The number of amides is 1. The molecule has 1 amide bonds. The normalized spacial score (nSPS) is 10.2. The number of carbonyl (C=O) groups excluding carboxylic acids is 1. The Morgan fingerprint density at radius 3 is 2.55 bits per heavy atom. The number of ether oxygens (including phenoxy) is 2. The number of nitrogens with one attached hydrogen (secondary N) is 1. The van der Waals surface area contributed by atoms with Crippen molar-refractivity contribution >= 4 is 23.2 Å². The zero-order valence-corrected chi connectivity index (χ0v) is 13.5. The average molecular weight is 320 g/mol. The molecule has 4 nitrogen and oxygen atoms in total. The van der Waals surface area contributed by atoms with Gasteiger partial charge in [-0.05, 0) is 36.2 Å². The molecule has 0 spiro atoms. The summed E-state index contributed by atoms with van der Waals surface area (Å²) in [7, 11) is 3.18. The van der Waals surface area contributed by atoms with Gasteiger partial charge in [0.05, 0.1) is 31.4 Å². The molecule has 0 saturated heterocycles. The van der Waals surface area contributed by atoms with Gasteiger partial charge in [0, 0.05) is 6.07 Å². The van der Waals surface area contributed by atoms with E-state index in [0.29, 0.717) is 16.5 Å². The Kier molecular flexibility index (Phi) is 5.28. The van der Waals surface area contributed by atoms with Gasteiger partial charge in [0.1, 0.15) is 11.5 Å². The first-order valence-electron chi connectivity index (χ1n) is 6.80. The second-order valence-corrected chi connectivity index (χ2v) is 5.28. The molecule has 0 aliphatic heterocycles. The summed E-state index contributed by atoms with van der Waals surface area (Å²) in [4.78, 5) is 12.1. The quantitative estimate of drug-likeness (QED) is 0.910. The number of benzene rings is 2. The molecule has 22 heavy (non-hydrogen) atoms. The van der Waals surface area contributed by atoms with Crippen LogP contribution in [0.15, 0.2) is 36.4 Å². The molecule has 0 aliphatic rings. The number of carbonyl (C=O) groups is 1. The molecule has 0 unspecified atom stereocenters. The van der Waals surface area contributed by atoms with E-state index in [2.05, 4.69) is 5.32 Å². The molecule has 2 aromatic carbocycles. The predicted octanol–water partition coefficient (Wildman–Crippen LogP) is 3.85. The van der Waals surface area contributed by atoms with E-state index in [1.54, 1.807) is 32.4 Å². The third-order valence-corrected chi connectivity index (χ3v) is 3.60. The van der Waals surface area contributed by atoms with E-state index < -0.39 is 0 Å². The molecule has 2 aromatic rings. The van der Waals surface area contributed by atoms with Crippen LogP contribution in [0.4, 0.5) is 5.69 Å². The van der Waals surface area contributed by atoms with Gasteiger partial charge >= 0.3 is 0 Å². The van der Waals surface area contributed by atoms with Gasteiger partial charge in [0.15, 0.2) is 0 Å². The van der Waals surface area contributed by atoms with Crippen LogP contribution in [0, 0.1) is 6.92 Å². The molecule has 0 fully saturated rings. The summed E-state index contributed by atoms with van der Waals surface area (Å²) in [6.45, 7) is 1.96. The SMILES string of the molecule is COc1ccc(NC(=O)Cc2ccc(C)c(OC)c2)c(Cl)c1. The van der Waals surface area contributed by atoms with Crippen molar-refractivity contribution in [3.05, 3.63) is 52.5 Å². The van der Waals surface area contributed by atoms with Gasteiger partial charge in [-0.15, -0.1) is 0 Å². The second-order valence-electron chi connectivity index (χ2n) is 4.87. The molecule has 5 heteroatoms. The van der Waals surface area contributed by atoms with Crippen molar-refractivity contribution in [1.82, 2.24) is 0 Å². The topological polar surface area (TPSA) is 47.6 Å². The van der Waals surface area contributed by atoms with E-state index in [4.69, 9.17) is 21.1 Å². The van der Waals surface area contributed by atoms with Crippen molar-refractivity contribution in [3.63, 3.8) is 0 Å². The maximum Gasteiger partial charge on any atom is 0.228 e. The fourth-order valence-corrected chi connectivity index (χ4v) is 2.30. The van der Waals surface area contributed by atoms with Gasteiger partial charge in [0.25, 0.3) is 0 Å². The van der Waals surface area contributed by atoms with Gasteiger partial charge in [-0.1, -0.05) is 23.7 Å². The fourth-order valence-electron chi connectivity index (χ4n) is 2.08. The van der Waals surface area contributed by atoms with Crippen molar-refractivity contribution in [2.24, 2.45) is 0 Å². The highest BCUT2D eigenvalue weighted by Gasteiger charge is 2.09. The highest BCUT2D eigenvalue weighted by Crippen LogP contribution is 2.27. The molecule has 0 saturated carbocycles. The predicted molar refractivity (Wildman–Crippen MR) is 88.1 cm³/mol. The number of halogens is 1. The van der Waals surface area contributed by atoms with E-state index in [0.717, 1.165) is 16.9 Å². The zero-order chi connectivity index (χ0) is 16.1. The summed E-state index contributed by atoms with van der Waals surface area (Å²) >= 11 is 6.11. The van der Waals surface area contributed by atoms with Crippen LogP contribution in [-0.2, 0) is 11.2 Å². The Morgan fingerprint density at radius 2 is 1.91 bits per heavy atom. The van der Waals surface area contributed by atoms with Gasteiger partial charge in [-0.25, -0.2) is 0 Å². The molecule has 0 radical (unpaired) electrons. The van der Waals surface area contributed by atoms with E-state index in [1.165, 1.54) is 0 Å². The van der Waals surface area contributed by atoms with Crippen molar-refractivity contribution < 1.29 is 14.3 Å². The van der Waals surface area contributed by atoms with Crippen molar-refractivity contribution in [3.8, 4) is 11.5 Å². The van der Waals surface area contributed by atoms with E-state index in [9.17, 15) is 4.79 Å². The summed E-state index contributed by atoms with van der Waals surface area (Å²) in [6.07, 6.45) is 0.249. The van der Waals surface area contributed by atoms with Crippen LogP contribution in [0.1, 0.15) is 11.1 Å². The molecule has 1 N–H and O–H groups in total. The Morgan fingerprint density at radius 1 is 1.14 bits per heavy atom. The first-order chi connectivity index (χ1) is 10.5. The highest BCUT2D eigenvalue weighted by atomic mass is 35.5. The molecule has 0 atom stereocenters. The molecule has 0 aromatic heterocycles. The van der Waals surface area contributed by atoms with Crippen LogP contribution in [-0.4, -0.2) is 20.1 Å². The smallest absolute Gasteiger partial charge is 0.228 e. The van der Waals surface area contributed by atoms with Crippen molar-refractivity contribution in [1.29, 1.82) is 0 Å². The van der Waals surface area contributed by atoms with Crippen molar-refractivity contribution in [2.75, 3.05) is 19.5 Å². The summed E-state index contributed by atoms with van der Waals surface area (Å²) in [5, 5.41) is 3.23. The average Bonchev–Trinajstić information content (AvgIpc) is 2.51. The maximum absolute atomic E-state index is 12.1. The van der Waals surface area contributed by atoms with Crippen LogP contribution in [0.5, 0.6) is 11.5 Å². The van der Waals surface area contributed by atoms with Crippen LogP contribution in [0.3, 0.4) is 0 Å². The van der Waals surface area contributed by atoms with Crippen LogP contribution >= 0.6 is 11.6 Å². The summed E-state index contributed by atoms with van der Waals surface area (Å²) in [5.74, 6) is 1.28. The molecular formula is C17H18ClNO3. The summed E-state index contributed by atoms with van der Waals surface area (Å²) in [6, 6.07) is 10.8. The lowest BCUT2D eigenvalue weighted by Gasteiger charge is -2.10. The molecule has 2 rings (SSSR count). The molecule has 116 valence electrons. The van der Waals surface area contributed by atoms with Crippen LogP contribution in [0.25, 0.3) is 0 Å². The lowest BCUT2D eigenvalue weighted by Crippen LogP contribution is -2.14. The molecular weight excluding hydrogens is 302 g/mol. The number of aryl methyl sites for hydroxylation is 1. The summed E-state index contributed by atoms with van der Waals surface area (Å²) < 4.78 is 10.3. The van der Waals surface area contributed by atoms with Gasteiger partial charge < -0.3 is 14.8 Å². The highest BCUT2D eigenvalue weighted by molar-refractivity contribution is 6.33. The third kappa shape index (κ3) is 3.92. The van der Waals surface area contributed by atoms with Gasteiger partial charge in [-0.2, -0.15) is 0 Å². The lowest BCUT2D eigenvalue weighted by molar-refractivity contribution is -0.115. The first kappa shape index (κ1) is 16.2. The monoisotopic (exact) mass is 319 g/mol. The standard InChI is InChI=1S/C17H18ClNO3/c1-11-4-5-12(8-16(11)22-3)9-17(20)19-15-7-6-13(21-2)10-14(15)18/h4-8,10H,9H2,1-3H3,(H,19,20). The van der Waals surface area contributed by atoms with E-state index in [1.807, 2.05) is 25.1 Å². The van der Waals surface area contributed by atoms with E-state index in [-0.39, 0.29) is 12.3 Å². The Labute approximate surface area is 135 Å². The maximum atomic E-state index is 12.1. The lowest BCUT2D eigenvalue weighted by atomic mass is 10.1. The van der Waals surface area contributed by atoms with Crippen LogP contribution in [0.2, 0.25) is 5.02 Å². The Balaban J connectivity index is 2.07. The summed E-state index contributed by atoms with van der Waals surface area (Å²) in [5.41, 5.74) is 2.47. The number of anilines is 1. The minimum Gasteiger partial charge on any atom is -0.497 e. The minimum atomic E-state index is -0.141. The number of rotatable bonds is 5. The minimum absolute atomic E-state index is 0.141. The number of hydrogen-bond donors (Lipinski definition) is 1. The third-order valence-electron chi connectivity index (χ3n) is 3.29.